The van der Waals surface area contributed by atoms with Gasteiger partial charge in [0.15, 0.2) is 0 Å². The van der Waals surface area contributed by atoms with Crippen LogP contribution in [0.2, 0.25) is 0 Å². The van der Waals surface area contributed by atoms with Gasteiger partial charge >= 0.3 is 11.6 Å². The highest BCUT2D eigenvalue weighted by molar-refractivity contribution is 5.93. The number of hydrogen-bond donors (Lipinski definition) is 0. The third-order valence-electron chi connectivity index (χ3n) is 5.86. The van der Waals surface area contributed by atoms with Gasteiger partial charge in [0.25, 0.3) is 5.56 Å². The first-order valence-corrected chi connectivity index (χ1v) is 10.9. The van der Waals surface area contributed by atoms with E-state index in [1.165, 1.54) is 6.07 Å². The first-order chi connectivity index (χ1) is 15.7. The van der Waals surface area contributed by atoms with Crippen LogP contribution in [0.15, 0.2) is 50.4 Å². The van der Waals surface area contributed by atoms with Crippen LogP contribution >= 0.6 is 0 Å². The van der Waals surface area contributed by atoms with Crippen molar-refractivity contribution in [3.8, 4) is 0 Å². The molecule has 0 unspecified atom stereocenters. The van der Waals surface area contributed by atoms with Crippen molar-refractivity contribution in [2.45, 2.75) is 53.7 Å². The van der Waals surface area contributed by atoms with E-state index in [9.17, 15) is 14.4 Å². The third kappa shape index (κ3) is 4.18. The number of hydrogen-bond acceptors (Lipinski definition) is 6. The molecular weight excluding hydrogens is 420 g/mol. The van der Waals surface area contributed by atoms with E-state index < -0.39 is 11.6 Å². The van der Waals surface area contributed by atoms with Crippen molar-refractivity contribution in [1.82, 2.24) is 9.55 Å². The molecule has 0 aliphatic rings. The largest absolute Gasteiger partial charge is 0.457 e. The Balaban J connectivity index is 1.67. The zero-order valence-corrected chi connectivity index (χ0v) is 19.4. The summed E-state index contributed by atoms with van der Waals surface area (Å²) < 4.78 is 12.5. The second kappa shape index (κ2) is 8.65. The van der Waals surface area contributed by atoms with Crippen LogP contribution in [-0.4, -0.2) is 15.5 Å². The van der Waals surface area contributed by atoms with Gasteiger partial charge in [0.05, 0.1) is 16.6 Å². The Bertz CT molecular complexity index is 1510. The maximum absolute atomic E-state index is 12.8. The van der Waals surface area contributed by atoms with Gasteiger partial charge in [-0.2, -0.15) is 0 Å². The summed E-state index contributed by atoms with van der Waals surface area (Å²) in [5.74, 6) is -0.242. The van der Waals surface area contributed by atoms with Crippen LogP contribution in [-0.2, 0) is 17.9 Å². The van der Waals surface area contributed by atoms with Gasteiger partial charge in [0.2, 0.25) is 0 Å². The predicted molar refractivity (Wildman–Crippen MR) is 127 cm³/mol. The number of rotatable bonds is 5. The van der Waals surface area contributed by atoms with Gasteiger partial charge in [0, 0.05) is 23.6 Å². The van der Waals surface area contributed by atoms with Crippen LogP contribution in [0.3, 0.4) is 0 Å². The topological polar surface area (TPSA) is 91.4 Å². The molecule has 4 rings (SSSR count). The average Bonchev–Trinajstić information content (AvgIpc) is 2.77. The predicted octanol–water partition coefficient (Wildman–Crippen LogP) is 4.62. The maximum Gasteiger partial charge on any atom is 0.338 e. The molecular formula is C26H26N2O5. The fraction of sp³-hybridized carbons (Fsp3) is 0.308. The number of nitrogens with zero attached hydrogens (tertiary/aromatic N) is 2. The van der Waals surface area contributed by atoms with Crippen molar-refractivity contribution in [1.29, 1.82) is 0 Å². The molecule has 0 amide bonds. The lowest BCUT2D eigenvalue weighted by Gasteiger charge is -2.13. The molecule has 2 aromatic heterocycles. The summed E-state index contributed by atoms with van der Waals surface area (Å²) in [5.41, 5.74) is 4.50. The highest BCUT2D eigenvalue weighted by Gasteiger charge is 2.15. The minimum Gasteiger partial charge on any atom is -0.457 e. The molecule has 0 saturated carbocycles. The molecule has 0 aliphatic heterocycles. The Kier molecular flexibility index (Phi) is 5.89. The number of carbonyl (C=O) groups is 1. The molecule has 33 heavy (non-hydrogen) atoms. The Morgan fingerprint density at radius 3 is 2.58 bits per heavy atom. The monoisotopic (exact) mass is 446 g/mol. The van der Waals surface area contributed by atoms with E-state index in [1.54, 1.807) is 29.7 Å². The molecule has 0 atom stereocenters. The lowest BCUT2D eigenvalue weighted by Crippen LogP contribution is -2.23. The SMILES string of the molecule is CCn1c(=O)c(C)nc2cc(C(=O)OCc3cc(=O)oc4cc(C)c(C(C)C)cc34)ccc21. The van der Waals surface area contributed by atoms with Crippen LogP contribution in [0.25, 0.3) is 22.0 Å². The minimum absolute atomic E-state index is 0.0690. The Labute approximate surface area is 190 Å². The van der Waals surface area contributed by atoms with Crippen LogP contribution < -0.4 is 11.2 Å². The second-order valence-corrected chi connectivity index (χ2v) is 8.48. The van der Waals surface area contributed by atoms with E-state index in [0.29, 0.717) is 45.9 Å². The molecule has 0 fully saturated rings. The number of aromatic nitrogens is 2. The fourth-order valence-electron chi connectivity index (χ4n) is 4.17. The van der Waals surface area contributed by atoms with Crippen molar-refractivity contribution in [2.24, 2.45) is 0 Å². The Hall–Kier alpha value is -3.74. The molecule has 7 nitrogen and oxygen atoms in total. The van der Waals surface area contributed by atoms with Crippen LogP contribution in [0.4, 0.5) is 0 Å². The van der Waals surface area contributed by atoms with Gasteiger partial charge in [-0.1, -0.05) is 13.8 Å². The lowest BCUT2D eigenvalue weighted by molar-refractivity contribution is 0.0474. The summed E-state index contributed by atoms with van der Waals surface area (Å²) in [5, 5.41) is 0.750. The van der Waals surface area contributed by atoms with Crippen molar-refractivity contribution in [2.75, 3.05) is 0 Å². The molecule has 4 aromatic rings. The molecule has 0 radical (unpaired) electrons. The standard InChI is InChI=1S/C26H26N2O5/c1-6-28-22-8-7-17(10-21(22)27-16(5)25(28)30)26(31)32-13-18-11-24(29)33-23-9-15(4)19(14(2)3)12-20(18)23/h7-12,14H,6,13H2,1-5H3. The fourth-order valence-corrected chi connectivity index (χ4v) is 4.17. The summed E-state index contributed by atoms with van der Waals surface area (Å²) in [6, 6.07) is 10.1. The van der Waals surface area contributed by atoms with Gasteiger partial charge in [-0.25, -0.2) is 14.6 Å². The average molecular weight is 447 g/mol. The number of benzene rings is 2. The van der Waals surface area contributed by atoms with Crippen molar-refractivity contribution in [3.63, 3.8) is 0 Å². The molecule has 0 spiro atoms. The second-order valence-electron chi connectivity index (χ2n) is 8.48. The molecule has 7 heteroatoms. The molecule has 0 bridgehead atoms. The molecule has 2 heterocycles. The van der Waals surface area contributed by atoms with Crippen molar-refractivity contribution < 1.29 is 13.9 Å². The summed E-state index contributed by atoms with van der Waals surface area (Å²) >= 11 is 0. The quantitative estimate of drug-likeness (QED) is 0.328. The summed E-state index contributed by atoms with van der Waals surface area (Å²) in [7, 11) is 0. The van der Waals surface area contributed by atoms with Crippen LogP contribution in [0, 0.1) is 13.8 Å². The van der Waals surface area contributed by atoms with E-state index >= 15 is 0 Å². The van der Waals surface area contributed by atoms with Gasteiger partial charge in [-0.05, 0) is 68.1 Å². The van der Waals surface area contributed by atoms with Gasteiger partial charge in [-0.15, -0.1) is 0 Å². The highest BCUT2D eigenvalue weighted by atomic mass is 16.5. The molecule has 0 aliphatic carbocycles. The van der Waals surface area contributed by atoms with E-state index in [2.05, 4.69) is 18.8 Å². The Morgan fingerprint density at radius 1 is 1.12 bits per heavy atom. The van der Waals surface area contributed by atoms with E-state index in [1.807, 2.05) is 26.0 Å². The highest BCUT2D eigenvalue weighted by Crippen LogP contribution is 2.27. The first-order valence-electron chi connectivity index (χ1n) is 10.9. The first kappa shape index (κ1) is 22.5. The normalized spacial score (nSPS) is 11.5. The molecule has 0 saturated heterocycles. The Morgan fingerprint density at radius 2 is 1.88 bits per heavy atom. The lowest BCUT2D eigenvalue weighted by atomic mass is 9.95. The maximum atomic E-state index is 12.8. The van der Waals surface area contributed by atoms with Crippen LogP contribution in [0.5, 0.6) is 0 Å². The number of esters is 1. The smallest absolute Gasteiger partial charge is 0.338 e. The van der Waals surface area contributed by atoms with E-state index in [0.717, 1.165) is 16.5 Å². The van der Waals surface area contributed by atoms with Gasteiger partial charge in [-0.3, -0.25) is 4.79 Å². The number of carbonyl (C=O) groups excluding carboxylic acids is 1. The van der Waals surface area contributed by atoms with E-state index in [-0.39, 0.29) is 12.2 Å². The summed E-state index contributed by atoms with van der Waals surface area (Å²) in [6.07, 6.45) is 0. The summed E-state index contributed by atoms with van der Waals surface area (Å²) in [4.78, 5) is 41.5. The number of aryl methyl sites for hydroxylation is 3. The molecule has 170 valence electrons. The summed E-state index contributed by atoms with van der Waals surface area (Å²) in [6.45, 7) is 10.1. The van der Waals surface area contributed by atoms with E-state index in [4.69, 9.17) is 9.15 Å². The zero-order valence-electron chi connectivity index (χ0n) is 19.4. The number of fused-ring (bicyclic) bond motifs is 2. The minimum atomic E-state index is -0.539. The number of ether oxygens (including phenoxy) is 1. The van der Waals surface area contributed by atoms with Gasteiger partial charge < -0.3 is 13.7 Å². The molecule has 2 aromatic carbocycles. The van der Waals surface area contributed by atoms with Crippen molar-refractivity contribution in [3.05, 3.63) is 85.1 Å². The molecule has 0 N–H and O–H groups in total. The van der Waals surface area contributed by atoms with Crippen LogP contribution in [0.1, 0.15) is 59.4 Å². The third-order valence-corrected chi connectivity index (χ3v) is 5.86. The van der Waals surface area contributed by atoms with Gasteiger partial charge in [0.1, 0.15) is 17.9 Å². The zero-order chi connectivity index (χ0) is 23.9. The van der Waals surface area contributed by atoms with Crippen molar-refractivity contribution >= 4 is 28.0 Å².